The molecule has 0 fully saturated rings. The SMILES string of the molecule is COc1ccccc1-c1c[nH]c2ncc(-c3ccc(Nc4cccnc4)c(C(=O)N(C)C)c3)cc12. The number of nitrogens with zero attached hydrogens (tertiary/aromatic N) is 3. The number of ether oxygens (including phenoxy) is 1. The van der Waals surface area contributed by atoms with Crippen LogP contribution >= 0.6 is 0 Å². The standard InChI is InChI=1S/C28H25N5O2/c1-33(2)28(34)23-13-18(10-11-25(23)32-20-7-6-12-29-16-20)19-14-22-24(17-31-27(22)30-15-19)21-8-4-5-9-26(21)35-3/h4-17,32H,1-3H3,(H,30,31). The van der Waals surface area contributed by atoms with Crippen molar-refractivity contribution in [3.8, 4) is 28.0 Å². The molecule has 3 heterocycles. The summed E-state index contributed by atoms with van der Waals surface area (Å²) in [5, 5.41) is 4.29. The normalized spacial score (nSPS) is 10.8. The van der Waals surface area contributed by atoms with Gasteiger partial charge in [0.1, 0.15) is 11.4 Å². The molecule has 0 spiro atoms. The number of aromatic amines is 1. The molecule has 3 aromatic heterocycles. The summed E-state index contributed by atoms with van der Waals surface area (Å²) >= 11 is 0. The average Bonchev–Trinajstić information content (AvgIpc) is 3.32. The third-order valence-corrected chi connectivity index (χ3v) is 5.86. The molecule has 0 aliphatic carbocycles. The highest BCUT2D eigenvalue weighted by Crippen LogP contribution is 2.36. The molecular formula is C28H25N5O2. The lowest BCUT2D eigenvalue weighted by Gasteiger charge is -2.17. The Labute approximate surface area is 203 Å². The molecule has 7 heteroatoms. The molecule has 7 nitrogen and oxygen atoms in total. The van der Waals surface area contributed by atoms with E-state index in [4.69, 9.17) is 4.74 Å². The summed E-state index contributed by atoms with van der Waals surface area (Å²) in [6.07, 6.45) is 7.20. The summed E-state index contributed by atoms with van der Waals surface area (Å²) in [6.45, 7) is 0. The monoisotopic (exact) mass is 463 g/mol. The van der Waals surface area contributed by atoms with Crippen molar-refractivity contribution in [2.45, 2.75) is 0 Å². The van der Waals surface area contributed by atoms with Crippen LogP contribution in [0.1, 0.15) is 10.4 Å². The number of amides is 1. The van der Waals surface area contributed by atoms with Gasteiger partial charge in [-0.15, -0.1) is 0 Å². The minimum Gasteiger partial charge on any atom is -0.496 e. The molecule has 1 amide bonds. The van der Waals surface area contributed by atoms with Gasteiger partial charge in [0, 0.05) is 54.8 Å². The minimum atomic E-state index is -0.0939. The fraction of sp³-hybridized carbons (Fsp3) is 0.107. The molecule has 174 valence electrons. The van der Waals surface area contributed by atoms with E-state index in [9.17, 15) is 4.79 Å². The number of carbonyl (C=O) groups excluding carboxylic acids is 1. The molecule has 2 N–H and O–H groups in total. The zero-order chi connectivity index (χ0) is 24.4. The Morgan fingerprint density at radius 3 is 2.60 bits per heavy atom. The number of anilines is 2. The van der Waals surface area contributed by atoms with Crippen LogP contribution in [0.3, 0.4) is 0 Å². The minimum absolute atomic E-state index is 0.0939. The van der Waals surface area contributed by atoms with Crippen molar-refractivity contribution in [1.29, 1.82) is 0 Å². The van der Waals surface area contributed by atoms with Crippen LogP contribution in [0, 0.1) is 0 Å². The highest BCUT2D eigenvalue weighted by atomic mass is 16.5. The van der Waals surface area contributed by atoms with Gasteiger partial charge in [0.15, 0.2) is 0 Å². The average molecular weight is 464 g/mol. The lowest BCUT2D eigenvalue weighted by Crippen LogP contribution is -2.22. The second-order valence-electron chi connectivity index (χ2n) is 8.35. The van der Waals surface area contributed by atoms with Crippen LogP contribution in [0.15, 0.2) is 85.5 Å². The Kier molecular flexibility index (Phi) is 5.89. The number of pyridine rings is 2. The third kappa shape index (κ3) is 4.31. The van der Waals surface area contributed by atoms with Crippen molar-refractivity contribution in [2.75, 3.05) is 26.5 Å². The van der Waals surface area contributed by atoms with Crippen molar-refractivity contribution in [3.05, 3.63) is 91.0 Å². The number of H-pyrrole nitrogens is 1. The van der Waals surface area contributed by atoms with Gasteiger partial charge in [-0.3, -0.25) is 9.78 Å². The molecule has 0 radical (unpaired) electrons. The number of hydrogen-bond acceptors (Lipinski definition) is 5. The van der Waals surface area contributed by atoms with Crippen LogP contribution in [0.5, 0.6) is 5.75 Å². The van der Waals surface area contributed by atoms with Gasteiger partial charge in [-0.05, 0) is 42.0 Å². The molecule has 0 aliphatic heterocycles. The van der Waals surface area contributed by atoms with Gasteiger partial charge >= 0.3 is 0 Å². The second kappa shape index (κ2) is 9.30. The fourth-order valence-electron chi connectivity index (χ4n) is 4.09. The second-order valence-corrected chi connectivity index (χ2v) is 8.35. The van der Waals surface area contributed by atoms with Crippen LogP contribution in [0.25, 0.3) is 33.3 Å². The van der Waals surface area contributed by atoms with Gasteiger partial charge < -0.3 is 19.9 Å². The summed E-state index contributed by atoms with van der Waals surface area (Å²) < 4.78 is 5.57. The van der Waals surface area contributed by atoms with Crippen LogP contribution in [-0.4, -0.2) is 47.0 Å². The van der Waals surface area contributed by atoms with E-state index >= 15 is 0 Å². The van der Waals surface area contributed by atoms with Crippen LogP contribution in [0.2, 0.25) is 0 Å². The summed E-state index contributed by atoms with van der Waals surface area (Å²) in [6, 6.07) is 19.6. The van der Waals surface area contributed by atoms with Crippen LogP contribution in [0.4, 0.5) is 11.4 Å². The maximum absolute atomic E-state index is 13.1. The van der Waals surface area contributed by atoms with Crippen LogP contribution < -0.4 is 10.1 Å². The highest BCUT2D eigenvalue weighted by molar-refractivity contribution is 6.02. The Bertz CT molecular complexity index is 1510. The summed E-state index contributed by atoms with van der Waals surface area (Å²) in [7, 11) is 5.16. The van der Waals surface area contributed by atoms with Crippen molar-refractivity contribution < 1.29 is 9.53 Å². The van der Waals surface area contributed by atoms with E-state index in [2.05, 4.69) is 26.3 Å². The van der Waals surface area contributed by atoms with Gasteiger partial charge in [0.05, 0.1) is 30.2 Å². The highest BCUT2D eigenvalue weighted by Gasteiger charge is 2.17. The van der Waals surface area contributed by atoms with Gasteiger partial charge in [-0.1, -0.05) is 24.3 Å². The molecule has 5 rings (SSSR count). The predicted octanol–water partition coefficient (Wildman–Crippen LogP) is 5.75. The first kappa shape index (κ1) is 22.2. The molecule has 0 saturated carbocycles. The van der Waals surface area contributed by atoms with Gasteiger partial charge in [0.25, 0.3) is 5.91 Å². The number of benzene rings is 2. The maximum Gasteiger partial charge on any atom is 0.255 e. The van der Waals surface area contributed by atoms with E-state index in [1.807, 2.05) is 67.0 Å². The zero-order valence-electron chi connectivity index (χ0n) is 19.7. The maximum atomic E-state index is 13.1. The number of fused-ring (bicyclic) bond motifs is 1. The number of hydrogen-bond donors (Lipinski definition) is 2. The predicted molar refractivity (Wildman–Crippen MR) is 139 cm³/mol. The van der Waals surface area contributed by atoms with Crippen molar-refractivity contribution >= 4 is 28.3 Å². The van der Waals surface area contributed by atoms with E-state index in [1.165, 1.54) is 0 Å². The molecule has 35 heavy (non-hydrogen) atoms. The van der Waals surface area contributed by atoms with E-state index in [-0.39, 0.29) is 5.91 Å². The topological polar surface area (TPSA) is 83.1 Å². The quantitative estimate of drug-likeness (QED) is 0.335. The smallest absolute Gasteiger partial charge is 0.255 e. The number of carbonyl (C=O) groups is 1. The fourth-order valence-corrected chi connectivity index (χ4v) is 4.09. The molecule has 2 aromatic carbocycles. The Morgan fingerprint density at radius 1 is 0.971 bits per heavy atom. The number of nitrogens with one attached hydrogen (secondary N) is 2. The molecule has 0 saturated heterocycles. The Hall–Kier alpha value is -4.65. The third-order valence-electron chi connectivity index (χ3n) is 5.86. The van der Waals surface area contributed by atoms with Gasteiger partial charge in [-0.2, -0.15) is 0 Å². The first-order chi connectivity index (χ1) is 17.0. The van der Waals surface area contributed by atoms with E-state index in [0.29, 0.717) is 11.3 Å². The van der Waals surface area contributed by atoms with E-state index < -0.39 is 0 Å². The molecule has 0 bridgehead atoms. The summed E-state index contributed by atoms with van der Waals surface area (Å²) in [5.41, 5.74) is 6.67. The van der Waals surface area contributed by atoms with Gasteiger partial charge in [0.2, 0.25) is 0 Å². The number of para-hydroxylation sites is 1. The Balaban J connectivity index is 1.60. The van der Waals surface area contributed by atoms with Crippen molar-refractivity contribution in [2.24, 2.45) is 0 Å². The first-order valence-electron chi connectivity index (χ1n) is 11.2. The summed E-state index contributed by atoms with van der Waals surface area (Å²) in [5.74, 6) is 0.701. The molecule has 5 aromatic rings. The number of rotatable bonds is 6. The van der Waals surface area contributed by atoms with E-state index in [1.54, 1.807) is 38.5 Å². The van der Waals surface area contributed by atoms with Crippen molar-refractivity contribution in [3.63, 3.8) is 0 Å². The lowest BCUT2D eigenvalue weighted by atomic mass is 9.99. The molecule has 0 unspecified atom stereocenters. The first-order valence-corrected chi connectivity index (χ1v) is 11.2. The molecule has 0 aliphatic rings. The number of methoxy groups -OCH3 is 1. The molecular weight excluding hydrogens is 438 g/mol. The molecule has 0 atom stereocenters. The summed E-state index contributed by atoms with van der Waals surface area (Å²) in [4.78, 5) is 26.7. The lowest BCUT2D eigenvalue weighted by molar-refractivity contribution is 0.0828. The van der Waals surface area contributed by atoms with Crippen molar-refractivity contribution in [1.82, 2.24) is 19.9 Å². The largest absolute Gasteiger partial charge is 0.496 e. The van der Waals surface area contributed by atoms with Crippen LogP contribution in [-0.2, 0) is 0 Å². The van der Waals surface area contributed by atoms with E-state index in [0.717, 1.165) is 44.7 Å². The number of aromatic nitrogens is 3. The zero-order valence-corrected chi connectivity index (χ0v) is 19.7. The Morgan fingerprint density at radius 2 is 1.83 bits per heavy atom. The van der Waals surface area contributed by atoms with Gasteiger partial charge in [-0.25, -0.2) is 4.98 Å².